The maximum Gasteiger partial charge on any atom is 0.336 e. The van der Waals surface area contributed by atoms with Crippen LogP contribution >= 0.6 is 0 Å². The van der Waals surface area contributed by atoms with Crippen LogP contribution in [0.15, 0.2) is 0 Å². The van der Waals surface area contributed by atoms with Crippen LogP contribution < -0.4 is 5.32 Å². The zero-order chi connectivity index (χ0) is 12.2. The van der Waals surface area contributed by atoms with E-state index in [0.717, 1.165) is 12.5 Å². The Balaban J connectivity index is 2.22. The highest BCUT2D eigenvalue weighted by atomic mass is 16.4. The first-order valence-corrected chi connectivity index (χ1v) is 6.08. The molecule has 1 rings (SSSR count). The molecule has 3 atom stereocenters. The van der Waals surface area contributed by atoms with E-state index in [0.29, 0.717) is 5.92 Å². The second-order valence-electron chi connectivity index (χ2n) is 5.35. The van der Waals surface area contributed by atoms with Gasteiger partial charge in [0, 0.05) is 6.54 Å². The lowest BCUT2D eigenvalue weighted by atomic mass is 9.82. The molecule has 1 aliphatic rings. The maximum atomic E-state index is 10.7. The van der Waals surface area contributed by atoms with E-state index in [-0.39, 0.29) is 6.54 Å². The molecule has 1 fully saturated rings. The Hall–Kier alpha value is -0.610. The molecule has 1 aliphatic carbocycles. The molecule has 0 radical (unpaired) electrons. The number of carboxylic acids is 1. The van der Waals surface area contributed by atoms with Gasteiger partial charge >= 0.3 is 5.97 Å². The van der Waals surface area contributed by atoms with Gasteiger partial charge in [0.05, 0.1) is 0 Å². The minimum atomic E-state index is -1.65. The number of aliphatic carboxylic acids is 1. The Morgan fingerprint density at radius 1 is 1.50 bits per heavy atom. The lowest BCUT2D eigenvalue weighted by Crippen LogP contribution is -2.46. The van der Waals surface area contributed by atoms with E-state index < -0.39 is 11.6 Å². The van der Waals surface area contributed by atoms with E-state index >= 15 is 0 Å². The number of carboxylic acid groups (broad SMARTS) is 1. The summed E-state index contributed by atoms with van der Waals surface area (Å²) in [5, 5.41) is 21.3. The van der Waals surface area contributed by atoms with Gasteiger partial charge in [0.1, 0.15) is 0 Å². The average molecular weight is 229 g/mol. The van der Waals surface area contributed by atoms with Crippen molar-refractivity contribution in [2.24, 2.45) is 11.8 Å². The first-order chi connectivity index (χ1) is 7.42. The fraction of sp³-hybridized carbons (Fsp3) is 0.917. The molecule has 0 spiro atoms. The molecule has 1 saturated carbocycles. The highest BCUT2D eigenvalue weighted by Crippen LogP contribution is 2.27. The number of hydrogen-bond donors (Lipinski definition) is 3. The molecule has 0 aromatic rings. The van der Waals surface area contributed by atoms with Gasteiger partial charge in [-0.2, -0.15) is 0 Å². The third-order valence-electron chi connectivity index (χ3n) is 3.41. The van der Waals surface area contributed by atoms with Crippen LogP contribution in [0.1, 0.15) is 39.5 Å². The third-order valence-corrected chi connectivity index (χ3v) is 3.41. The molecule has 0 amide bonds. The van der Waals surface area contributed by atoms with E-state index in [1.807, 2.05) is 0 Å². The SMILES string of the molecule is CC1CCCC(CNCC(C)(O)C(=O)O)C1. The van der Waals surface area contributed by atoms with Crippen molar-refractivity contribution in [2.75, 3.05) is 13.1 Å². The van der Waals surface area contributed by atoms with Gasteiger partial charge in [-0.1, -0.05) is 19.8 Å². The molecular weight excluding hydrogens is 206 g/mol. The van der Waals surface area contributed by atoms with E-state index in [1.54, 1.807) is 0 Å². The molecule has 0 aliphatic heterocycles. The van der Waals surface area contributed by atoms with E-state index in [1.165, 1.54) is 32.6 Å². The average Bonchev–Trinajstić information content (AvgIpc) is 2.17. The highest BCUT2D eigenvalue weighted by molar-refractivity contribution is 5.76. The minimum Gasteiger partial charge on any atom is -0.479 e. The molecule has 3 unspecified atom stereocenters. The van der Waals surface area contributed by atoms with Crippen molar-refractivity contribution < 1.29 is 15.0 Å². The zero-order valence-electron chi connectivity index (χ0n) is 10.2. The maximum absolute atomic E-state index is 10.7. The standard InChI is InChI=1S/C12H23NO3/c1-9-4-3-5-10(6-9)7-13-8-12(2,16)11(14)15/h9-10,13,16H,3-8H2,1-2H3,(H,14,15). The molecule has 4 heteroatoms. The van der Waals surface area contributed by atoms with Crippen molar-refractivity contribution >= 4 is 5.97 Å². The van der Waals surface area contributed by atoms with Gasteiger partial charge in [-0.05, 0) is 38.1 Å². The molecule has 0 heterocycles. The van der Waals surface area contributed by atoms with Gasteiger partial charge in [-0.15, -0.1) is 0 Å². The van der Waals surface area contributed by atoms with Crippen LogP contribution in [0, 0.1) is 11.8 Å². The summed E-state index contributed by atoms with van der Waals surface area (Å²) in [4.78, 5) is 10.7. The first kappa shape index (κ1) is 13.5. The summed E-state index contributed by atoms with van der Waals surface area (Å²) in [6.07, 6.45) is 5.00. The van der Waals surface area contributed by atoms with Gasteiger partial charge in [0.15, 0.2) is 5.60 Å². The summed E-state index contributed by atoms with van der Waals surface area (Å²) >= 11 is 0. The zero-order valence-corrected chi connectivity index (χ0v) is 10.2. The van der Waals surface area contributed by atoms with Gasteiger partial charge < -0.3 is 15.5 Å². The van der Waals surface area contributed by atoms with Crippen LogP contribution in [-0.4, -0.2) is 34.9 Å². The predicted octanol–water partition coefficient (Wildman–Crippen LogP) is 1.24. The van der Waals surface area contributed by atoms with E-state index in [4.69, 9.17) is 5.11 Å². The molecular formula is C12H23NO3. The van der Waals surface area contributed by atoms with Gasteiger partial charge in [-0.3, -0.25) is 0 Å². The molecule has 3 N–H and O–H groups in total. The first-order valence-electron chi connectivity index (χ1n) is 6.08. The van der Waals surface area contributed by atoms with Crippen molar-refractivity contribution in [3.8, 4) is 0 Å². The quantitative estimate of drug-likeness (QED) is 0.663. The summed E-state index contributed by atoms with van der Waals surface area (Å²) in [7, 11) is 0. The summed E-state index contributed by atoms with van der Waals surface area (Å²) in [6, 6.07) is 0. The lowest BCUT2D eigenvalue weighted by Gasteiger charge is -2.28. The summed E-state index contributed by atoms with van der Waals surface area (Å²) < 4.78 is 0. The fourth-order valence-electron chi connectivity index (χ4n) is 2.34. The van der Waals surface area contributed by atoms with Gasteiger partial charge in [-0.25, -0.2) is 4.79 Å². The van der Waals surface area contributed by atoms with E-state index in [9.17, 15) is 9.90 Å². The predicted molar refractivity (Wildman–Crippen MR) is 62.3 cm³/mol. The van der Waals surface area contributed by atoms with Crippen LogP contribution in [0.5, 0.6) is 0 Å². The number of nitrogens with one attached hydrogen (secondary N) is 1. The van der Waals surface area contributed by atoms with Gasteiger partial charge in [0.25, 0.3) is 0 Å². The number of carbonyl (C=O) groups is 1. The van der Waals surface area contributed by atoms with Crippen molar-refractivity contribution in [1.29, 1.82) is 0 Å². The smallest absolute Gasteiger partial charge is 0.336 e. The molecule has 0 aromatic heterocycles. The molecule has 0 saturated heterocycles. The molecule has 0 bridgehead atoms. The van der Waals surface area contributed by atoms with Crippen molar-refractivity contribution in [3.63, 3.8) is 0 Å². The van der Waals surface area contributed by atoms with Crippen LogP contribution in [0.4, 0.5) is 0 Å². The summed E-state index contributed by atoms with van der Waals surface area (Å²) in [5.74, 6) is 0.242. The Labute approximate surface area is 97.0 Å². The molecule has 94 valence electrons. The lowest BCUT2D eigenvalue weighted by molar-refractivity contribution is -0.156. The Kier molecular flexibility index (Phi) is 4.74. The van der Waals surface area contributed by atoms with Crippen LogP contribution in [0.3, 0.4) is 0 Å². The van der Waals surface area contributed by atoms with Gasteiger partial charge in [0.2, 0.25) is 0 Å². The highest BCUT2D eigenvalue weighted by Gasteiger charge is 2.29. The van der Waals surface area contributed by atoms with Crippen molar-refractivity contribution in [1.82, 2.24) is 5.32 Å². The fourth-order valence-corrected chi connectivity index (χ4v) is 2.34. The Bertz CT molecular complexity index is 240. The Morgan fingerprint density at radius 3 is 2.75 bits per heavy atom. The third kappa shape index (κ3) is 4.10. The van der Waals surface area contributed by atoms with Crippen LogP contribution in [0.25, 0.3) is 0 Å². The van der Waals surface area contributed by atoms with Crippen LogP contribution in [0.2, 0.25) is 0 Å². The number of hydrogen-bond acceptors (Lipinski definition) is 3. The summed E-state index contributed by atoms with van der Waals surface area (Å²) in [6.45, 7) is 4.52. The second-order valence-corrected chi connectivity index (χ2v) is 5.35. The Morgan fingerprint density at radius 2 is 2.19 bits per heavy atom. The number of aliphatic hydroxyl groups is 1. The summed E-state index contributed by atoms with van der Waals surface area (Å²) in [5.41, 5.74) is -1.65. The minimum absolute atomic E-state index is 0.118. The molecule has 4 nitrogen and oxygen atoms in total. The van der Waals surface area contributed by atoms with E-state index in [2.05, 4.69) is 12.2 Å². The molecule has 0 aromatic carbocycles. The van der Waals surface area contributed by atoms with Crippen molar-refractivity contribution in [3.05, 3.63) is 0 Å². The van der Waals surface area contributed by atoms with Crippen molar-refractivity contribution in [2.45, 2.75) is 45.1 Å². The molecule has 16 heavy (non-hydrogen) atoms. The monoisotopic (exact) mass is 229 g/mol. The largest absolute Gasteiger partial charge is 0.479 e. The normalized spacial score (nSPS) is 29.7. The topological polar surface area (TPSA) is 69.6 Å². The second kappa shape index (κ2) is 5.64. The number of rotatable bonds is 5. The van der Waals surface area contributed by atoms with Crippen LogP contribution in [-0.2, 0) is 4.79 Å².